The molecule has 0 spiro atoms. The van der Waals surface area contributed by atoms with Crippen LogP contribution in [0.1, 0.15) is 45.7 Å². The number of hydrogen-bond donors (Lipinski definition) is 4. The first kappa shape index (κ1) is 25.4. The standard InChI is InChI=1S/C30H26O10/c1-11-5-13-7-15-23(27(33)21(13)29(35)39-11)17(31)9-19(37-3)25(15)26-16-8-14-6-12(2)40-30(36)22(14)28(34)24(16)18(32)10-20(26)38-4/h7-12,31-34H,5-6H2,1-4H3. The summed E-state index contributed by atoms with van der Waals surface area (Å²) in [7, 11) is 2.82. The number of cyclic esters (lactones) is 2. The Bertz CT molecular complexity index is 1660. The molecule has 10 heteroatoms. The summed E-state index contributed by atoms with van der Waals surface area (Å²) in [6.07, 6.45) is -0.226. The van der Waals surface area contributed by atoms with Crippen molar-refractivity contribution in [1.29, 1.82) is 0 Å². The highest BCUT2D eigenvalue weighted by atomic mass is 16.5. The molecule has 0 aromatic heterocycles. The van der Waals surface area contributed by atoms with Crippen molar-refractivity contribution in [2.75, 3.05) is 14.2 Å². The van der Waals surface area contributed by atoms with Crippen LogP contribution in [0.15, 0.2) is 24.3 Å². The molecule has 0 saturated heterocycles. The van der Waals surface area contributed by atoms with Crippen molar-refractivity contribution in [1.82, 2.24) is 0 Å². The van der Waals surface area contributed by atoms with Crippen molar-refractivity contribution in [3.8, 4) is 45.6 Å². The number of hydrogen-bond acceptors (Lipinski definition) is 10. The molecule has 2 atom stereocenters. The lowest BCUT2D eigenvalue weighted by molar-refractivity contribution is 0.0286. The SMILES string of the molecule is COc1cc(O)c2c(O)c3c(cc2c1-c1c(OC)cc(O)c2c(O)c4c(cc12)CC(C)OC4=O)CC(C)OC3=O. The molecule has 0 fully saturated rings. The third-order valence-electron chi connectivity index (χ3n) is 7.57. The molecule has 0 saturated carbocycles. The van der Waals surface area contributed by atoms with E-state index in [-0.39, 0.29) is 44.9 Å². The van der Waals surface area contributed by atoms with E-state index in [2.05, 4.69) is 0 Å². The second-order valence-corrected chi connectivity index (χ2v) is 10.1. The predicted molar refractivity (Wildman–Crippen MR) is 144 cm³/mol. The van der Waals surface area contributed by atoms with Gasteiger partial charge in [-0.3, -0.25) is 0 Å². The van der Waals surface area contributed by atoms with Crippen LogP contribution in [0.2, 0.25) is 0 Å². The van der Waals surface area contributed by atoms with Crippen molar-refractivity contribution in [2.24, 2.45) is 0 Å². The van der Waals surface area contributed by atoms with E-state index in [1.54, 1.807) is 26.0 Å². The number of rotatable bonds is 3. The van der Waals surface area contributed by atoms with Gasteiger partial charge in [0.25, 0.3) is 0 Å². The molecular weight excluding hydrogens is 520 g/mol. The van der Waals surface area contributed by atoms with Crippen molar-refractivity contribution in [3.63, 3.8) is 0 Å². The van der Waals surface area contributed by atoms with Crippen LogP contribution in [0.3, 0.4) is 0 Å². The Hall–Kier alpha value is -4.86. The van der Waals surface area contributed by atoms with Crippen LogP contribution in [0.4, 0.5) is 0 Å². The summed E-state index contributed by atoms with van der Waals surface area (Å²) in [6.45, 7) is 3.47. The van der Waals surface area contributed by atoms with Gasteiger partial charge < -0.3 is 39.4 Å². The molecule has 6 rings (SSSR count). The average molecular weight is 547 g/mol. The summed E-state index contributed by atoms with van der Waals surface area (Å²) in [5.41, 5.74) is 1.71. The number of esters is 2. The summed E-state index contributed by atoms with van der Waals surface area (Å²) in [6, 6.07) is 5.98. The van der Waals surface area contributed by atoms with Crippen molar-refractivity contribution in [2.45, 2.75) is 38.9 Å². The molecule has 4 aromatic carbocycles. The fourth-order valence-corrected chi connectivity index (χ4v) is 5.96. The van der Waals surface area contributed by atoms with E-state index in [0.717, 1.165) is 0 Å². The monoisotopic (exact) mass is 546 g/mol. The van der Waals surface area contributed by atoms with Gasteiger partial charge in [0.15, 0.2) is 0 Å². The topological polar surface area (TPSA) is 152 Å². The minimum atomic E-state index is -0.699. The van der Waals surface area contributed by atoms with Crippen molar-refractivity contribution >= 4 is 33.5 Å². The van der Waals surface area contributed by atoms with E-state index in [1.165, 1.54) is 26.4 Å². The highest BCUT2D eigenvalue weighted by Gasteiger charge is 2.34. The first-order valence-corrected chi connectivity index (χ1v) is 12.6. The zero-order valence-electron chi connectivity index (χ0n) is 22.1. The zero-order valence-corrected chi connectivity index (χ0v) is 22.1. The molecule has 2 unspecified atom stereocenters. The van der Waals surface area contributed by atoms with Gasteiger partial charge in [0.1, 0.15) is 57.8 Å². The van der Waals surface area contributed by atoms with Gasteiger partial charge >= 0.3 is 11.9 Å². The zero-order chi connectivity index (χ0) is 28.6. The number of phenols is 4. The quantitative estimate of drug-likeness (QED) is 0.266. The van der Waals surface area contributed by atoms with E-state index >= 15 is 0 Å². The van der Waals surface area contributed by atoms with Gasteiger partial charge in [-0.1, -0.05) is 0 Å². The third kappa shape index (κ3) is 3.48. The summed E-state index contributed by atoms with van der Waals surface area (Å²) in [5.74, 6) is -2.54. The third-order valence-corrected chi connectivity index (χ3v) is 7.57. The number of carbonyl (C=O) groups is 2. The van der Waals surface area contributed by atoms with Gasteiger partial charge in [0.2, 0.25) is 0 Å². The number of benzene rings is 4. The van der Waals surface area contributed by atoms with E-state index < -0.39 is 35.6 Å². The molecule has 0 amide bonds. The van der Waals surface area contributed by atoms with Crippen LogP contribution in [-0.4, -0.2) is 58.8 Å². The number of ether oxygens (including phenoxy) is 4. The molecule has 0 aliphatic carbocycles. The number of phenolic OH excluding ortho intramolecular Hbond substituents is 4. The maximum absolute atomic E-state index is 12.7. The second-order valence-electron chi connectivity index (χ2n) is 10.1. The molecular formula is C30H26O10. The molecule has 0 bridgehead atoms. The van der Waals surface area contributed by atoms with Crippen LogP contribution in [0.25, 0.3) is 32.7 Å². The van der Waals surface area contributed by atoms with Gasteiger partial charge in [-0.05, 0) is 37.1 Å². The van der Waals surface area contributed by atoms with Crippen LogP contribution in [-0.2, 0) is 22.3 Å². The van der Waals surface area contributed by atoms with E-state index in [0.29, 0.717) is 45.9 Å². The average Bonchev–Trinajstić information content (AvgIpc) is 2.87. The van der Waals surface area contributed by atoms with Crippen LogP contribution in [0, 0.1) is 0 Å². The molecule has 206 valence electrons. The molecule has 4 N–H and O–H groups in total. The first-order valence-electron chi connectivity index (χ1n) is 12.6. The fraction of sp³-hybridized carbons (Fsp3) is 0.267. The fourth-order valence-electron chi connectivity index (χ4n) is 5.96. The van der Waals surface area contributed by atoms with Gasteiger partial charge in [-0.25, -0.2) is 9.59 Å². The van der Waals surface area contributed by atoms with Crippen LogP contribution >= 0.6 is 0 Å². The first-order chi connectivity index (χ1) is 19.0. The Labute approximate surface area is 227 Å². The van der Waals surface area contributed by atoms with Crippen molar-refractivity contribution in [3.05, 3.63) is 46.5 Å². The molecule has 2 heterocycles. The number of aromatic hydroxyl groups is 4. The smallest absolute Gasteiger partial charge is 0.342 e. The number of carbonyl (C=O) groups excluding carboxylic acids is 2. The highest BCUT2D eigenvalue weighted by molar-refractivity contribution is 6.18. The van der Waals surface area contributed by atoms with Gasteiger partial charge in [-0.2, -0.15) is 0 Å². The maximum atomic E-state index is 12.7. The predicted octanol–water partition coefficient (Wildman–Crippen LogP) is 4.70. The van der Waals surface area contributed by atoms with Crippen LogP contribution in [0.5, 0.6) is 34.5 Å². The number of fused-ring (bicyclic) bond motifs is 4. The molecule has 4 aromatic rings. The molecule has 2 aliphatic rings. The second kappa shape index (κ2) is 8.84. The number of methoxy groups -OCH3 is 2. The largest absolute Gasteiger partial charge is 0.507 e. The Kier molecular flexibility index (Phi) is 5.62. The lowest BCUT2D eigenvalue weighted by atomic mass is 9.85. The highest BCUT2D eigenvalue weighted by Crippen LogP contribution is 2.54. The van der Waals surface area contributed by atoms with Gasteiger partial charge in [-0.15, -0.1) is 0 Å². The van der Waals surface area contributed by atoms with E-state index in [4.69, 9.17) is 18.9 Å². The normalized spacial score (nSPS) is 18.2. The molecule has 2 aliphatic heterocycles. The maximum Gasteiger partial charge on any atom is 0.342 e. The summed E-state index contributed by atoms with van der Waals surface area (Å²) in [5, 5.41) is 45.1. The van der Waals surface area contributed by atoms with Gasteiger partial charge in [0, 0.05) is 46.9 Å². The minimum Gasteiger partial charge on any atom is -0.507 e. The van der Waals surface area contributed by atoms with Crippen LogP contribution < -0.4 is 9.47 Å². The van der Waals surface area contributed by atoms with Gasteiger partial charge in [0.05, 0.1) is 25.0 Å². The molecule has 40 heavy (non-hydrogen) atoms. The Morgan fingerprint density at radius 3 is 1.38 bits per heavy atom. The Morgan fingerprint density at radius 2 is 1.02 bits per heavy atom. The lowest BCUT2D eigenvalue weighted by Gasteiger charge is -2.26. The summed E-state index contributed by atoms with van der Waals surface area (Å²) in [4.78, 5) is 25.4. The Morgan fingerprint density at radius 1 is 0.650 bits per heavy atom. The minimum absolute atomic E-state index is 0.0105. The van der Waals surface area contributed by atoms with E-state index in [1.807, 2.05) is 0 Å². The molecule has 10 nitrogen and oxygen atoms in total. The molecule has 0 radical (unpaired) electrons. The summed E-state index contributed by atoms with van der Waals surface area (Å²) < 4.78 is 22.0. The lowest BCUT2D eigenvalue weighted by Crippen LogP contribution is -2.25. The van der Waals surface area contributed by atoms with E-state index in [9.17, 15) is 30.0 Å². The van der Waals surface area contributed by atoms with Crippen molar-refractivity contribution < 1.29 is 49.0 Å². The Balaban J connectivity index is 1.81. The summed E-state index contributed by atoms with van der Waals surface area (Å²) >= 11 is 0.